The first kappa shape index (κ1) is 49.9. The van der Waals surface area contributed by atoms with Crippen LogP contribution in [0.25, 0.3) is 55.3 Å². The minimum absolute atomic E-state index is 0.581. The summed E-state index contributed by atoms with van der Waals surface area (Å²) < 4.78 is 6.36. The van der Waals surface area contributed by atoms with Crippen LogP contribution >= 0.6 is 0 Å². The number of nitrogens with zero attached hydrogens (tertiary/aromatic N) is 1. The molecule has 1 heterocycles. The summed E-state index contributed by atoms with van der Waals surface area (Å²) >= 11 is 0. The van der Waals surface area contributed by atoms with E-state index in [0.717, 1.165) is 50.1 Å². The van der Waals surface area contributed by atoms with E-state index in [4.69, 9.17) is 4.42 Å². The van der Waals surface area contributed by atoms with E-state index in [9.17, 15) is 0 Å². The summed E-state index contributed by atoms with van der Waals surface area (Å²) in [6, 6.07) is 79.6. The summed E-state index contributed by atoms with van der Waals surface area (Å²) in [4.78, 5) is 2.55. The fourth-order valence-electron chi connectivity index (χ4n) is 14.9. The summed E-state index contributed by atoms with van der Waals surface area (Å²) in [5.41, 5.74) is 35.3. The molecule has 2 nitrogen and oxygen atoms in total. The maximum absolute atomic E-state index is 6.36. The molecule has 0 saturated heterocycles. The van der Waals surface area contributed by atoms with E-state index < -0.39 is 10.8 Å². The van der Waals surface area contributed by atoms with Crippen molar-refractivity contribution in [3.8, 4) is 33.4 Å². The van der Waals surface area contributed by atoms with Crippen molar-refractivity contribution in [3.63, 3.8) is 0 Å². The molecule has 11 aromatic carbocycles. The SMILES string of the molecule is Bc1c(B)c(B)c(C2(c3c(B)c(B)c(B)c(B)c3B)c3ccccc3-c3ccc(N(c4cccc(-c5ccc6oc7ccccc7c6c5)c4)c4ccc5c(c4)C(c4ccccc4)(c4ccccc4)c4ccccc4-5)cc32)c(B)c1B. The molecule has 2 aliphatic carbocycles. The minimum Gasteiger partial charge on any atom is -0.456 e. The van der Waals surface area contributed by atoms with Crippen LogP contribution < -0.4 is 59.5 Å². The quantitative estimate of drug-likeness (QED) is 0.200. The zero-order valence-corrected chi connectivity index (χ0v) is 47.6. The van der Waals surface area contributed by atoms with Crippen LogP contribution in [0.4, 0.5) is 17.1 Å². The van der Waals surface area contributed by atoms with Crippen molar-refractivity contribution >= 4 is 172 Å². The van der Waals surface area contributed by atoms with Gasteiger partial charge in [0.1, 0.15) is 89.6 Å². The third kappa shape index (κ3) is 6.93. The van der Waals surface area contributed by atoms with Crippen molar-refractivity contribution in [2.24, 2.45) is 0 Å². The molecule has 12 heteroatoms. The van der Waals surface area contributed by atoms with E-state index in [1.165, 1.54) is 121 Å². The first-order chi connectivity index (χ1) is 38.8. The summed E-state index contributed by atoms with van der Waals surface area (Å²) in [5.74, 6) is 0. The van der Waals surface area contributed by atoms with Gasteiger partial charge in [-0.15, -0.1) is 32.8 Å². The van der Waals surface area contributed by atoms with E-state index in [2.05, 4.69) is 290 Å². The molecule has 0 fully saturated rings. The standard InChI is InChI=1S/C68H55B10NO/c69-57-55(58(70)62(74)65(77)61(57)73)68(56-59(71)63(75)66(78)64(76)60(56)72)50-24-11-8-21-44(50)46-30-28-42(35-52(46)68)79(40-19-13-14-36(32-40)37-26-31-54-48(33-37)47-22-9-12-25-53(47)80-54)41-27-29-45-43-20-7-10-23-49(43)67(51(45)34-41,38-15-3-1-4-16-38)39-17-5-2-6-18-39/h1-35H,69-78H2. The first-order valence-corrected chi connectivity index (χ1v) is 28.4. The summed E-state index contributed by atoms with van der Waals surface area (Å²) in [6.45, 7) is 0. The van der Waals surface area contributed by atoms with Gasteiger partial charge in [0.15, 0.2) is 0 Å². The van der Waals surface area contributed by atoms with Gasteiger partial charge in [-0.1, -0.05) is 180 Å². The predicted molar refractivity (Wildman–Crippen MR) is 370 cm³/mol. The van der Waals surface area contributed by atoms with E-state index in [1.54, 1.807) is 0 Å². The highest BCUT2D eigenvalue weighted by Gasteiger charge is 2.50. The van der Waals surface area contributed by atoms with Gasteiger partial charge in [-0.25, -0.2) is 0 Å². The van der Waals surface area contributed by atoms with Crippen molar-refractivity contribution < 1.29 is 4.42 Å². The van der Waals surface area contributed by atoms with Gasteiger partial charge in [-0.2, -0.15) is 0 Å². The normalized spacial score (nSPS) is 13.4. The number of furan rings is 1. The Morgan fingerprint density at radius 1 is 0.275 bits per heavy atom. The number of para-hydroxylation sites is 1. The van der Waals surface area contributed by atoms with Crippen LogP contribution in [0.5, 0.6) is 0 Å². The van der Waals surface area contributed by atoms with Gasteiger partial charge in [-0.05, 0) is 132 Å². The molecule has 0 bridgehead atoms. The summed E-state index contributed by atoms with van der Waals surface area (Å²) in [5, 5.41) is 2.24. The lowest BCUT2D eigenvalue weighted by molar-refractivity contribution is 0.669. The Hall–Kier alpha value is -8.33. The molecular weight excluding hydrogens is 955 g/mol. The van der Waals surface area contributed by atoms with E-state index in [0.29, 0.717) is 0 Å². The highest BCUT2D eigenvalue weighted by molar-refractivity contribution is 6.69. The van der Waals surface area contributed by atoms with Crippen LogP contribution in [0.15, 0.2) is 217 Å². The van der Waals surface area contributed by atoms with Gasteiger partial charge in [0.2, 0.25) is 0 Å². The molecule has 0 spiro atoms. The van der Waals surface area contributed by atoms with E-state index >= 15 is 0 Å². The molecule has 0 atom stereocenters. The second-order valence-electron chi connectivity index (χ2n) is 23.0. The predicted octanol–water partition coefficient (Wildman–Crippen LogP) is 0.0330. The van der Waals surface area contributed by atoms with E-state index in [1.807, 2.05) is 6.07 Å². The number of rotatable bonds is 8. The number of hydrogen-bond donors (Lipinski definition) is 0. The van der Waals surface area contributed by atoms with Crippen molar-refractivity contribution in [2.75, 3.05) is 4.90 Å². The molecule has 14 rings (SSSR count). The highest BCUT2D eigenvalue weighted by Crippen LogP contribution is 2.59. The second-order valence-corrected chi connectivity index (χ2v) is 23.0. The maximum atomic E-state index is 6.36. The first-order valence-electron chi connectivity index (χ1n) is 28.4. The average Bonchev–Trinajstić information content (AvgIpc) is 2.60. The Bertz CT molecular complexity index is 4410. The fourth-order valence-corrected chi connectivity index (χ4v) is 14.9. The Morgan fingerprint density at radius 2 is 0.688 bits per heavy atom. The molecule has 0 unspecified atom stereocenters. The van der Waals surface area contributed by atoms with Crippen LogP contribution in [0.3, 0.4) is 0 Å². The van der Waals surface area contributed by atoms with Crippen LogP contribution in [-0.4, -0.2) is 78.5 Å². The monoisotopic (exact) mass is 1010 g/mol. The second kappa shape index (κ2) is 18.6. The molecule has 2 aliphatic rings. The Balaban J connectivity index is 1.09. The number of benzene rings is 11. The van der Waals surface area contributed by atoms with Crippen molar-refractivity contribution in [2.45, 2.75) is 10.8 Å². The molecule has 80 heavy (non-hydrogen) atoms. The number of anilines is 3. The zero-order chi connectivity index (χ0) is 54.9. The minimum atomic E-state index is -0.650. The Kier molecular flexibility index (Phi) is 11.6. The average molecular weight is 1010 g/mol. The van der Waals surface area contributed by atoms with E-state index in [-0.39, 0.29) is 0 Å². The van der Waals surface area contributed by atoms with Gasteiger partial charge in [0.25, 0.3) is 0 Å². The van der Waals surface area contributed by atoms with Crippen LogP contribution in [0.2, 0.25) is 0 Å². The number of hydrogen-bond acceptors (Lipinski definition) is 2. The largest absolute Gasteiger partial charge is 0.456 e. The number of fused-ring (bicyclic) bond motifs is 9. The summed E-state index contributed by atoms with van der Waals surface area (Å²) in [6.07, 6.45) is 0. The van der Waals surface area contributed by atoms with Gasteiger partial charge in [-0.3, -0.25) is 0 Å². The maximum Gasteiger partial charge on any atom is 0.138 e. The molecular formula is C68H55B10NO. The lowest BCUT2D eigenvalue weighted by atomic mass is 9.49. The van der Waals surface area contributed by atoms with Crippen molar-refractivity contribution in [1.82, 2.24) is 0 Å². The Morgan fingerprint density at radius 3 is 1.24 bits per heavy atom. The highest BCUT2D eigenvalue weighted by atomic mass is 16.3. The van der Waals surface area contributed by atoms with Crippen LogP contribution in [0.1, 0.15) is 44.5 Å². The zero-order valence-electron chi connectivity index (χ0n) is 47.6. The molecule has 0 amide bonds. The van der Waals surface area contributed by atoms with Gasteiger partial charge >= 0.3 is 0 Å². The molecule has 12 aromatic rings. The molecule has 0 N–H and O–H groups in total. The third-order valence-corrected chi connectivity index (χ3v) is 19.6. The lowest BCUT2D eigenvalue weighted by Gasteiger charge is -2.42. The molecule has 0 radical (unpaired) electrons. The summed E-state index contributed by atoms with van der Waals surface area (Å²) in [7, 11) is 23.6. The third-order valence-electron chi connectivity index (χ3n) is 19.6. The van der Waals surface area contributed by atoms with Crippen molar-refractivity contribution in [1.29, 1.82) is 0 Å². The van der Waals surface area contributed by atoms with Crippen LogP contribution in [-0.2, 0) is 10.8 Å². The fraction of sp³-hybridized carbons (Fsp3) is 0.0294. The molecule has 0 saturated carbocycles. The smallest absolute Gasteiger partial charge is 0.138 e. The van der Waals surface area contributed by atoms with Crippen LogP contribution in [0, 0.1) is 0 Å². The molecule has 0 aliphatic heterocycles. The molecule has 368 valence electrons. The van der Waals surface area contributed by atoms with Gasteiger partial charge < -0.3 is 9.32 Å². The Labute approximate surface area is 479 Å². The van der Waals surface area contributed by atoms with Gasteiger partial charge in [0.05, 0.1) is 10.8 Å². The lowest BCUT2D eigenvalue weighted by Crippen LogP contribution is -2.63. The van der Waals surface area contributed by atoms with Gasteiger partial charge in [0, 0.05) is 27.8 Å². The molecule has 1 aromatic heterocycles. The topological polar surface area (TPSA) is 16.4 Å². The van der Waals surface area contributed by atoms with Crippen molar-refractivity contribution in [3.05, 3.63) is 257 Å².